The van der Waals surface area contributed by atoms with Crippen LogP contribution in [0.3, 0.4) is 0 Å². The van der Waals surface area contributed by atoms with Gasteiger partial charge in [0.25, 0.3) is 5.82 Å². The minimum atomic E-state index is -0.321. The molecule has 0 bridgehead atoms. The molecule has 3 aromatic rings. The van der Waals surface area contributed by atoms with Gasteiger partial charge in [-0.1, -0.05) is 54.6 Å². The van der Waals surface area contributed by atoms with Gasteiger partial charge in [-0.25, -0.2) is 9.13 Å². The van der Waals surface area contributed by atoms with Crippen LogP contribution in [0.25, 0.3) is 0 Å². The molecule has 0 aliphatic heterocycles. The lowest BCUT2D eigenvalue weighted by atomic mass is 9.89. The molecule has 0 amide bonds. The molecule has 1 aliphatic carbocycles. The van der Waals surface area contributed by atoms with Crippen molar-refractivity contribution in [3.63, 3.8) is 0 Å². The number of carbonyl (C=O) groups excluding carboxylic acids is 2. The molecule has 136 valence electrons. The molecular formula is C23H23N2O2+. The van der Waals surface area contributed by atoms with Crippen molar-refractivity contribution in [3.05, 3.63) is 88.5 Å². The predicted octanol–water partition coefficient (Wildman–Crippen LogP) is 3.66. The van der Waals surface area contributed by atoms with Crippen molar-refractivity contribution in [1.29, 1.82) is 0 Å². The molecule has 4 nitrogen and oxygen atoms in total. The van der Waals surface area contributed by atoms with Crippen molar-refractivity contribution in [2.45, 2.75) is 39.8 Å². The second kappa shape index (κ2) is 6.02. The van der Waals surface area contributed by atoms with E-state index in [0.29, 0.717) is 29.1 Å². The summed E-state index contributed by atoms with van der Waals surface area (Å²) in [7, 11) is 0. The van der Waals surface area contributed by atoms with E-state index in [0.717, 1.165) is 11.4 Å². The minimum absolute atomic E-state index is 0.0787. The molecule has 0 unspecified atom stereocenters. The van der Waals surface area contributed by atoms with E-state index >= 15 is 0 Å². The number of imidazole rings is 1. The van der Waals surface area contributed by atoms with Crippen LogP contribution in [0.1, 0.15) is 64.3 Å². The van der Waals surface area contributed by atoms with Gasteiger partial charge < -0.3 is 0 Å². The number of rotatable bonds is 2. The molecule has 0 radical (unpaired) electrons. The normalized spacial score (nSPS) is 13.5. The zero-order valence-electron chi connectivity index (χ0n) is 16.1. The fraction of sp³-hybridized carbons (Fsp3) is 0.261. The summed E-state index contributed by atoms with van der Waals surface area (Å²) in [5, 5.41) is 0. The highest BCUT2D eigenvalue weighted by Gasteiger charge is 2.45. The number of aromatic nitrogens is 2. The lowest BCUT2D eigenvalue weighted by molar-refractivity contribution is -0.695. The van der Waals surface area contributed by atoms with Gasteiger partial charge in [0.1, 0.15) is 12.1 Å². The Kier molecular flexibility index (Phi) is 3.88. The molecule has 0 atom stereocenters. The smallest absolute Gasteiger partial charge is 0.255 e. The number of hydrogen-bond acceptors (Lipinski definition) is 2. The molecule has 0 saturated heterocycles. The molecule has 0 N–H and O–H groups in total. The van der Waals surface area contributed by atoms with Crippen LogP contribution in [0.5, 0.6) is 0 Å². The molecule has 27 heavy (non-hydrogen) atoms. The van der Waals surface area contributed by atoms with E-state index in [1.54, 1.807) is 12.1 Å². The van der Waals surface area contributed by atoms with Gasteiger partial charge in [-0.05, 0) is 26.3 Å². The lowest BCUT2D eigenvalue weighted by Crippen LogP contribution is -2.43. The first kappa shape index (κ1) is 17.4. The summed E-state index contributed by atoms with van der Waals surface area (Å²) in [6, 6.07) is 17.1. The van der Waals surface area contributed by atoms with Gasteiger partial charge in [0.05, 0.1) is 0 Å². The fourth-order valence-corrected chi connectivity index (χ4v) is 4.03. The summed E-state index contributed by atoms with van der Waals surface area (Å²) in [4.78, 5) is 26.7. The Hall–Kier alpha value is -3.01. The van der Waals surface area contributed by atoms with Crippen LogP contribution in [0.2, 0.25) is 0 Å². The van der Waals surface area contributed by atoms with Crippen LogP contribution >= 0.6 is 0 Å². The predicted molar refractivity (Wildman–Crippen MR) is 103 cm³/mol. The fourth-order valence-electron chi connectivity index (χ4n) is 4.03. The summed E-state index contributed by atoms with van der Waals surface area (Å²) in [6.45, 7) is 8.72. The third-order valence-electron chi connectivity index (χ3n) is 5.13. The van der Waals surface area contributed by atoms with Gasteiger partial charge in [0.2, 0.25) is 23.0 Å². The molecular weight excluding hydrogens is 336 g/mol. The maximum atomic E-state index is 13.4. The third-order valence-corrected chi connectivity index (χ3v) is 5.13. The van der Waals surface area contributed by atoms with Gasteiger partial charge in [-0.3, -0.25) is 9.59 Å². The molecule has 0 fully saturated rings. The van der Waals surface area contributed by atoms with Crippen LogP contribution in [-0.2, 0) is 12.1 Å². The van der Waals surface area contributed by atoms with Crippen molar-refractivity contribution in [2.24, 2.45) is 0 Å². The van der Waals surface area contributed by atoms with E-state index in [1.807, 2.05) is 58.5 Å². The number of fused-ring (bicyclic) bond motifs is 2. The van der Waals surface area contributed by atoms with E-state index in [1.165, 1.54) is 0 Å². The molecule has 0 spiro atoms. The van der Waals surface area contributed by atoms with Crippen molar-refractivity contribution < 1.29 is 14.2 Å². The minimum Gasteiger partial charge on any atom is -0.284 e. The van der Waals surface area contributed by atoms with E-state index in [-0.39, 0.29) is 17.1 Å². The summed E-state index contributed by atoms with van der Waals surface area (Å²) in [5.74, 6) is 0.748. The Morgan fingerprint density at radius 1 is 0.852 bits per heavy atom. The largest absolute Gasteiger partial charge is 0.284 e. The Bertz CT molecular complexity index is 1070. The highest BCUT2D eigenvalue weighted by atomic mass is 16.1. The molecule has 1 aliphatic rings. The van der Waals surface area contributed by atoms with Crippen molar-refractivity contribution >= 4 is 11.6 Å². The van der Waals surface area contributed by atoms with Crippen LogP contribution in [-0.4, -0.2) is 16.1 Å². The van der Waals surface area contributed by atoms with Crippen LogP contribution < -0.4 is 4.57 Å². The van der Waals surface area contributed by atoms with Crippen molar-refractivity contribution in [2.75, 3.05) is 0 Å². The maximum Gasteiger partial charge on any atom is 0.255 e. The summed E-state index contributed by atoms with van der Waals surface area (Å²) < 4.78 is 4.01. The first-order valence-corrected chi connectivity index (χ1v) is 9.18. The van der Waals surface area contributed by atoms with Crippen molar-refractivity contribution in [1.82, 2.24) is 4.57 Å². The topological polar surface area (TPSA) is 43.0 Å². The van der Waals surface area contributed by atoms with Crippen LogP contribution in [0.15, 0.2) is 54.6 Å². The monoisotopic (exact) mass is 359 g/mol. The van der Waals surface area contributed by atoms with Crippen LogP contribution in [0.4, 0.5) is 0 Å². The summed E-state index contributed by atoms with van der Waals surface area (Å²) >= 11 is 0. The van der Waals surface area contributed by atoms with Gasteiger partial charge >= 0.3 is 0 Å². The Balaban J connectivity index is 2.01. The standard InChI is InChI=1S/C23H23N2O2/c1-15-24(14-16-10-6-5-7-11-16)19-20(25(15)23(2,3)4)22(27)18-13-9-8-12-17(18)21(19)26/h5-13H,14H2,1-4H3/q+1. The van der Waals surface area contributed by atoms with Gasteiger partial charge in [0, 0.05) is 18.1 Å². The molecule has 4 rings (SSSR count). The Morgan fingerprint density at radius 2 is 1.41 bits per heavy atom. The molecule has 0 saturated carbocycles. The maximum absolute atomic E-state index is 13.4. The highest BCUT2D eigenvalue weighted by Crippen LogP contribution is 2.31. The first-order valence-electron chi connectivity index (χ1n) is 9.18. The molecule has 1 heterocycles. The zero-order chi connectivity index (χ0) is 19.3. The van der Waals surface area contributed by atoms with E-state index in [9.17, 15) is 9.59 Å². The number of benzene rings is 2. The van der Waals surface area contributed by atoms with Gasteiger partial charge in [-0.15, -0.1) is 0 Å². The SMILES string of the molecule is Cc1n(C(C)(C)C)c2c([n+]1Cc1ccccc1)C(=O)c1ccccc1C2=O. The van der Waals surface area contributed by atoms with E-state index in [2.05, 4.69) is 20.8 Å². The third kappa shape index (κ3) is 2.64. The highest BCUT2D eigenvalue weighted by molar-refractivity contribution is 6.26. The Morgan fingerprint density at radius 3 is 2.00 bits per heavy atom. The van der Waals surface area contributed by atoms with Gasteiger partial charge in [-0.2, -0.15) is 0 Å². The average molecular weight is 359 g/mol. The number of hydrogen-bond donors (Lipinski definition) is 0. The lowest BCUT2D eigenvalue weighted by Gasteiger charge is -2.20. The molecule has 4 heteroatoms. The molecule has 1 aromatic heterocycles. The van der Waals surface area contributed by atoms with Gasteiger partial charge in [0.15, 0.2) is 0 Å². The Labute approximate surface area is 159 Å². The number of ketones is 2. The second-order valence-corrected chi connectivity index (χ2v) is 8.03. The van der Waals surface area contributed by atoms with E-state index < -0.39 is 0 Å². The van der Waals surface area contributed by atoms with Crippen molar-refractivity contribution in [3.8, 4) is 0 Å². The summed E-state index contributed by atoms with van der Waals surface area (Å²) in [6.07, 6.45) is 0. The molecule has 2 aromatic carbocycles. The summed E-state index contributed by atoms with van der Waals surface area (Å²) in [5.41, 5.74) is 2.75. The quantitative estimate of drug-likeness (QED) is 0.513. The average Bonchev–Trinajstić information content (AvgIpc) is 2.94. The first-order chi connectivity index (χ1) is 12.8. The number of nitrogens with zero attached hydrogens (tertiary/aromatic N) is 2. The zero-order valence-corrected chi connectivity index (χ0v) is 16.1. The second-order valence-electron chi connectivity index (χ2n) is 8.03. The van der Waals surface area contributed by atoms with Crippen LogP contribution in [0, 0.1) is 6.92 Å². The number of carbonyl (C=O) groups is 2. The van der Waals surface area contributed by atoms with E-state index in [4.69, 9.17) is 0 Å².